The van der Waals surface area contributed by atoms with Crippen LogP contribution in [0.25, 0.3) is 0 Å². The van der Waals surface area contributed by atoms with Crippen molar-refractivity contribution in [2.75, 3.05) is 39.6 Å². The van der Waals surface area contributed by atoms with Gasteiger partial charge in [0.25, 0.3) is 0 Å². The number of rotatable bonds is 6. The first-order chi connectivity index (χ1) is 9.82. The van der Waals surface area contributed by atoms with Gasteiger partial charge in [0, 0.05) is 22.5 Å². The molecule has 0 amide bonds. The van der Waals surface area contributed by atoms with Crippen molar-refractivity contribution in [3.05, 3.63) is 11.6 Å². The summed E-state index contributed by atoms with van der Waals surface area (Å²) in [6, 6.07) is 0. The first-order valence-electron chi connectivity index (χ1n) is 7.00. The molecule has 0 unspecified atom stereocenters. The first kappa shape index (κ1) is 16.0. The van der Waals surface area contributed by atoms with Crippen LogP contribution < -0.4 is 0 Å². The maximum atomic E-state index is 11.8. The minimum absolute atomic E-state index is 0.100. The summed E-state index contributed by atoms with van der Waals surface area (Å²) >= 11 is 0. The number of carbonyl (C=O) groups is 2. The largest absolute Gasteiger partial charge is 0.462 e. The standard InChI is InChI=1S/C15H22O6/c1-11(13(17)21-10-15(3)7-19-8-15)4-12(16)20-9-14(2)5-18-6-14/h4H,5-10H2,1-3H3/b11-4+. The Kier molecular flexibility index (Phi) is 4.68. The molecule has 0 aromatic carbocycles. The molecule has 2 rings (SSSR count). The molecular formula is C15H22O6. The third kappa shape index (κ3) is 4.28. The Morgan fingerprint density at radius 2 is 1.48 bits per heavy atom. The summed E-state index contributed by atoms with van der Waals surface area (Å²) in [5, 5.41) is 0. The van der Waals surface area contributed by atoms with E-state index in [9.17, 15) is 9.59 Å². The molecule has 0 aliphatic carbocycles. The lowest BCUT2D eigenvalue weighted by Crippen LogP contribution is -2.44. The van der Waals surface area contributed by atoms with E-state index in [-0.39, 0.29) is 16.4 Å². The van der Waals surface area contributed by atoms with Gasteiger partial charge >= 0.3 is 11.9 Å². The summed E-state index contributed by atoms with van der Waals surface area (Å²) in [6.07, 6.45) is 1.17. The number of ether oxygens (including phenoxy) is 4. The fraction of sp³-hybridized carbons (Fsp3) is 0.733. The van der Waals surface area contributed by atoms with Gasteiger partial charge in [-0.15, -0.1) is 0 Å². The van der Waals surface area contributed by atoms with Crippen molar-refractivity contribution < 1.29 is 28.5 Å². The van der Waals surface area contributed by atoms with Crippen molar-refractivity contribution in [2.24, 2.45) is 10.8 Å². The van der Waals surface area contributed by atoms with E-state index in [0.29, 0.717) is 39.6 Å². The third-order valence-corrected chi connectivity index (χ3v) is 3.57. The monoisotopic (exact) mass is 298 g/mol. The minimum Gasteiger partial charge on any atom is -0.462 e. The van der Waals surface area contributed by atoms with Gasteiger partial charge in [0.15, 0.2) is 0 Å². The summed E-state index contributed by atoms with van der Waals surface area (Å²) in [4.78, 5) is 23.4. The van der Waals surface area contributed by atoms with Crippen LogP contribution in [0.3, 0.4) is 0 Å². The van der Waals surface area contributed by atoms with Crippen LogP contribution in [0, 0.1) is 10.8 Å². The van der Waals surface area contributed by atoms with E-state index in [1.54, 1.807) is 0 Å². The van der Waals surface area contributed by atoms with Crippen LogP contribution in [-0.2, 0) is 28.5 Å². The molecule has 0 spiro atoms. The lowest BCUT2D eigenvalue weighted by atomic mass is 9.90. The van der Waals surface area contributed by atoms with Gasteiger partial charge in [0.2, 0.25) is 0 Å². The van der Waals surface area contributed by atoms with Crippen LogP contribution >= 0.6 is 0 Å². The minimum atomic E-state index is -0.532. The highest BCUT2D eigenvalue weighted by atomic mass is 16.6. The second kappa shape index (κ2) is 6.15. The summed E-state index contributed by atoms with van der Waals surface area (Å²) in [6.45, 7) is 8.45. The Balaban J connectivity index is 1.73. The van der Waals surface area contributed by atoms with Gasteiger partial charge in [-0.1, -0.05) is 13.8 Å². The highest BCUT2D eigenvalue weighted by Gasteiger charge is 2.35. The van der Waals surface area contributed by atoms with Gasteiger partial charge in [-0.25, -0.2) is 9.59 Å². The van der Waals surface area contributed by atoms with Gasteiger partial charge in [-0.3, -0.25) is 0 Å². The van der Waals surface area contributed by atoms with E-state index >= 15 is 0 Å². The van der Waals surface area contributed by atoms with Gasteiger partial charge in [0.1, 0.15) is 13.2 Å². The van der Waals surface area contributed by atoms with E-state index in [1.807, 2.05) is 13.8 Å². The Bertz CT molecular complexity index is 445. The quantitative estimate of drug-likeness (QED) is 0.540. The molecular weight excluding hydrogens is 276 g/mol. The smallest absolute Gasteiger partial charge is 0.333 e. The molecule has 2 aliphatic rings. The molecule has 0 atom stereocenters. The van der Waals surface area contributed by atoms with Crippen LogP contribution in [0.4, 0.5) is 0 Å². The van der Waals surface area contributed by atoms with Crippen molar-refractivity contribution in [1.82, 2.24) is 0 Å². The fourth-order valence-corrected chi connectivity index (χ4v) is 1.94. The van der Waals surface area contributed by atoms with E-state index in [0.717, 1.165) is 0 Å². The van der Waals surface area contributed by atoms with Gasteiger partial charge < -0.3 is 18.9 Å². The lowest BCUT2D eigenvalue weighted by Gasteiger charge is -2.37. The maximum Gasteiger partial charge on any atom is 0.333 e. The predicted molar refractivity (Wildman–Crippen MR) is 73.5 cm³/mol. The molecule has 2 aliphatic heterocycles. The summed E-state index contributed by atoms with van der Waals surface area (Å²) in [5.74, 6) is -1.03. The molecule has 0 aromatic rings. The molecule has 0 bridgehead atoms. The first-order valence-corrected chi connectivity index (χ1v) is 7.00. The topological polar surface area (TPSA) is 71.1 Å². The number of hydrogen-bond donors (Lipinski definition) is 0. The van der Waals surface area contributed by atoms with Gasteiger partial charge in [-0.05, 0) is 6.92 Å². The number of esters is 2. The molecule has 6 nitrogen and oxygen atoms in total. The van der Waals surface area contributed by atoms with Crippen molar-refractivity contribution in [3.8, 4) is 0 Å². The number of carbonyl (C=O) groups excluding carboxylic acids is 2. The highest BCUT2D eigenvalue weighted by molar-refractivity contribution is 5.95. The lowest BCUT2D eigenvalue weighted by molar-refractivity contribution is -0.163. The van der Waals surface area contributed by atoms with Crippen LogP contribution in [-0.4, -0.2) is 51.6 Å². The molecule has 0 radical (unpaired) electrons. The van der Waals surface area contributed by atoms with E-state index < -0.39 is 11.9 Å². The Labute approximate surface area is 124 Å². The molecule has 2 heterocycles. The Morgan fingerprint density at radius 3 is 1.90 bits per heavy atom. The molecule has 0 saturated carbocycles. The molecule has 2 saturated heterocycles. The average molecular weight is 298 g/mol. The maximum absolute atomic E-state index is 11.8. The highest BCUT2D eigenvalue weighted by Crippen LogP contribution is 2.27. The SMILES string of the molecule is C/C(=C\C(=O)OCC1(C)COC1)C(=O)OCC1(C)COC1. The normalized spacial score (nSPS) is 22.7. The summed E-state index contributed by atoms with van der Waals surface area (Å²) < 4.78 is 20.5. The van der Waals surface area contributed by atoms with Crippen molar-refractivity contribution >= 4 is 11.9 Å². The molecule has 0 N–H and O–H groups in total. The van der Waals surface area contributed by atoms with Crippen molar-refractivity contribution in [3.63, 3.8) is 0 Å². The van der Waals surface area contributed by atoms with E-state index in [4.69, 9.17) is 18.9 Å². The van der Waals surface area contributed by atoms with E-state index in [2.05, 4.69) is 0 Å². The second-order valence-electron chi connectivity index (χ2n) is 6.62. The van der Waals surface area contributed by atoms with Crippen LogP contribution in [0.15, 0.2) is 11.6 Å². The van der Waals surface area contributed by atoms with E-state index in [1.165, 1.54) is 13.0 Å². The second-order valence-corrected chi connectivity index (χ2v) is 6.62. The summed E-state index contributed by atoms with van der Waals surface area (Å²) in [7, 11) is 0. The predicted octanol–water partition coefficient (Wildman–Crippen LogP) is 1.09. The van der Waals surface area contributed by atoms with Crippen molar-refractivity contribution in [1.29, 1.82) is 0 Å². The zero-order valence-electron chi connectivity index (χ0n) is 12.8. The van der Waals surface area contributed by atoms with Gasteiger partial charge in [-0.2, -0.15) is 0 Å². The Hall–Kier alpha value is -1.40. The zero-order valence-corrected chi connectivity index (χ0v) is 12.8. The molecule has 21 heavy (non-hydrogen) atoms. The fourth-order valence-electron chi connectivity index (χ4n) is 1.94. The molecule has 2 fully saturated rings. The molecule has 0 aromatic heterocycles. The molecule has 118 valence electrons. The average Bonchev–Trinajstić information content (AvgIpc) is 2.38. The summed E-state index contributed by atoms with van der Waals surface area (Å²) in [5.41, 5.74) is 0.0327. The third-order valence-electron chi connectivity index (χ3n) is 3.57. The Morgan fingerprint density at radius 1 is 1.00 bits per heavy atom. The number of hydrogen-bond acceptors (Lipinski definition) is 6. The van der Waals surface area contributed by atoms with Gasteiger partial charge in [0.05, 0.1) is 26.4 Å². The van der Waals surface area contributed by atoms with Crippen LogP contribution in [0.1, 0.15) is 20.8 Å². The molecule has 6 heteroatoms. The zero-order chi connectivity index (χ0) is 15.5. The van der Waals surface area contributed by atoms with Crippen LogP contribution in [0.2, 0.25) is 0 Å². The van der Waals surface area contributed by atoms with Crippen LogP contribution in [0.5, 0.6) is 0 Å². The van der Waals surface area contributed by atoms with Crippen molar-refractivity contribution in [2.45, 2.75) is 20.8 Å².